The lowest BCUT2D eigenvalue weighted by molar-refractivity contribution is -0.126. The van der Waals surface area contributed by atoms with E-state index in [1.165, 1.54) is 0 Å². The topological polar surface area (TPSA) is 99.7 Å². The van der Waals surface area contributed by atoms with Gasteiger partial charge in [-0.25, -0.2) is 4.79 Å². The van der Waals surface area contributed by atoms with E-state index in [-0.39, 0.29) is 11.9 Å². The van der Waals surface area contributed by atoms with Crippen LogP contribution in [0.4, 0.5) is 4.79 Å². The van der Waals surface area contributed by atoms with Gasteiger partial charge >= 0.3 is 6.09 Å². The Morgan fingerprint density at radius 1 is 1.10 bits per heavy atom. The number of carbonyl (C=O) groups is 2. The number of hydrogen-bond donors (Lipinski definition) is 4. The van der Waals surface area contributed by atoms with Gasteiger partial charge in [-0.2, -0.15) is 0 Å². The molecule has 0 aliphatic carbocycles. The quantitative estimate of drug-likeness (QED) is 0.404. The summed E-state index contributed by atoms with van der Waals surface area (Å²) >= 11 is 0. The summed E-state index contributed by atoms with van der Waals surface area (Å²) in [5.74, 6) is 0.0814. The van der Waals surface area contributed by atoms with Crippen molar-refractivity contribution in [2.45, 2.75) is 84.6 Å². The Hall–Kier alpha value is -2.12. The van der Waals surface area contributed by atoms with Crippen LogP contribution < -0.4 is 16.0 Å². The molecule has 0 unspecified atom stereocenters. The standard InChI is InChI=1S/C24H41N3O4/c1-7-11-20(28)21(22(29)26-15-17(2)3)25-16-19(14-18-12-9-8-10-13-18)27-23(30)31-24(4,5)6/h8-10,12-13,17,19-21,25,28H,7,11,14-16H2,1-6H3,(H,26,29)(H,27,30)/t19-,20-,21-/m0/s1. The molecule has 2 amide bonds. The van der Waals surface area contributed by atoms with Crippen molar-refractivity contribution < 1.29 is 19.4 Å². The summed E-state index contributed by atoms with van der Waals surface area (Å²) in [6, 6.07) is 8.74. The fourth-order valence-corrected chi connectivity index (χ4v) is 3.10. The van der Waals surface area contributed by atoms with Crippen LogP contribution in [0.5, 0.6) is 0 Å². The molecule has 4 N–H and O–H groups in total. The molecular weight excluding hydrogens is 394 g/mol. The van der Waals surface area contributed by atoms with Crippen LogP contribution in [0.3, 0.4) is 0 Å². The minimum absolute atomic E-state index is 0.231. The molecule has 0 saturated heterocycles. The van der Waals surface area contributed by atoms with Crippen LogP contribution in [0.25, 0.3) is 0 Å². The lowest BCUT2D eigenvalue weighted by Gasteiger charge is -2.28. The maximum absolute atomic E-state index is 12.7. The minimum atomic E-state index is -0.809. The zero-order chi connectivity index (χ0) is 23.4. The molecule has 1 aromatic carbocycles. The SMILES string of the molecule is CCC[C@H](O)[C@H](NC[C@H](Cc1ccccc1)NC(=O)OC(C)(C)C)C(=O)NCC(C)C. The highest BCUT2D eigenvalue weighted by atomic mass is 16.6. The van der Waals surface area contributed by atoms with Crippen LogP contribution in [-0.2, 0) is 16.0 Å². The van der Waals surface area contributed by atoms with Crippen molar-refractivity contribution in [3.8, 4) is 0 Å². The summed E-state index contributed by atoms with van der Waals surface area (Å²) in [7, 11) is 0. The first-order valence-electron chi connectivity index (χ1n) is 11.2. The lowest BCUT2D eigenvalue weighted by atomic mass is 10.0. The molecule has 0 heterocycles. The highest BCUT2D eigenvalue weighted by Crippen LogP contribution is 2.09. The number of aliphatic hydroxyl groups is 1. The van der Waals surface area contributed by atoms with Crippen LogP contribution in [0.15, 0.2) is 30.3 Å². The van der Waals surface area contributed by atoms with E-state index < -0.39 is 23.8 Å². The maximum atomic E-state index is 12.7. The highest BCUT2D eigenvalue weighted by molar-refractivity contribution is 5.82. The molecular formula is C24H41N3O4. The molecule has 3 atom stereocenters. The van der Waals surface area contributed by atoms with Gasteiger partial charge in [0.15, 0.2) is 0 Å². The van der Waals surface area contributed by atoms with Crippen LogP contribution in [0.2, 0.25) is 0 Å². The second-order valence-corrected chi connectivity index (χ2v) is 9.41. The average Bonchev–Trinajstić information content (AvgIpc) is 2.65. The highest BCUT2D eigenvalue weighted by Gasteiger charge is 2.28. The van der Waals surface area contributed by atoms with Gasteiger partial charge in [-0.15, -0.1) is 0 Å². The number of carbonyl (C=O) groups excluding carboxylic acids is 2. The Balaban J connectivity index is 2.88. The first-order chi connectivity index (χ1) is 14.5. The normalized spacial score (nSPS) is 14.6. The van der Waals surface area contributed by atoms with Crippen LogP contribution in [0, 0.1) is 5.92 Å². The summed E-state index contributed by atoms with van der Waals surface area (Å²) < 4.78 is 5.40. The number of ether oxygens (including phenoxy) is 1. The molecule has 1 rings (SSSR count). The van der Waals surface area contributed by atoms with E-state index in [1.807, 2.05) is 71.9 Å². The van der Waals surface area contributed by atoms with Gasteiger partial charge in [0, 0.05) is 19.1 Å². The van der Waals surface area contributed by atoms with Gasteiger partial charge in [-0.05, 0) is 45.1 Å². The van der Waals surface area contributed by atoms with Crippen molar-refractivity contribution in [1.29, 1.82) is 0 Å². The summed E-state index contributed by atoms with van der Waals surface area (Å²) in [4.78, 5) is 25.1. The summed E-state index contributed by atoms with van der Waals surface area (Å²) in [5, 5.41) is 19.5. The van der Waals surface area contributed by atoms with E-state index >= 15 is 0 Å². The van der Waals surface area contributed by atoms with Crippen molar-refractivity contribution >= 4 is 12.0 Å². The molecule has 7 heteroatoms. The molecule has 176 valence electrons. The fraction of sp³-hybridized carbons (Fsp3) is 0.667. The zero-order valence-corrected chi connectivity index (χ0v) is 19.9. The second kappa shape index (κ2) is 13.3. The number of amides is 2. The van der Waals surface area contributed by atoms with Crippen molar-refractivity contribution in [3.63, 3.8) is 0 Å². The number of aliphatic hydroxyl groups excluding tert-OH is 1. The molecule has 0 saturated carbocycles. The Bertz CT molecular complexity index is 659. The van der Waals surface area contributed by atoms with Gasteiger partial charge in [0.2, 0.25) is 5.91 Å². The Kier molecular flexibility index (Phi) is 11.6. The minimum Gasteiger partial charge on any atom is -0.444 e. The average molecular weight is 436 g/mol. The van der Waals surface area contributed by atoms with Crippen LogP contribution >= 0.6 is 0 Å². The third kappa shape index (κ3) is 11.7. The molecule has 0 bridgehead atoms. The third-order valence-electron chi connectivity index (χ3n) is 4.57. The van der Waals surface area contributed by atoms with E-state index in [4.69, 9.17) is 4.74 Å². The molecule has 0 radical (unpaired) electrons. The lowest BCUT2D eigenvalue weighted by Crippen LogP contribution is -2.55. The first-order valence-corrected chi connectivity index (χ1v) is 11.2. The fourth-order valence-electron chi connectivity index (χ4n) is 3.10. The van der Waals surface area contributed by atoms with E-state index in [9.17, 15) is 14.7 Å². The predicted molar refractivity (Wildman–Crippen MR) is 124 cm³/mol. The maximum Gasteiger partial charge on any atom is 0.407 e. The van der Waals surface area contributed by atoms with E-state index in [0.717, 1.165) is 12.0 Å². The van der Waals surface area contributed by atoms with Gasteiger partial charge in [-0.1, -0.05) is 57.5 Å². The number of rotatable bonds is 12. The second-order valence-electron chi connectivity index (χ2n) is 9.41. The van der Waals surface area contributed by atoms with Crippen molar-refractivity contribution in [2.75, 3.05) is 13.1 Å². The Morgan fingerprint density at radius 2 is 1.74 bits per heavy atom. The summed E-state index contributed by atoms with van der Waals surface area (Å²) in [6.07, 6.45) is 0.522. The summed E-state index contributed by atoms with van der Waals surface area (Å²) in [6.45, 7) is 12.3. The van der Waals surface area contributed by atoms with Gasteiger partial charge in [0.1, 0.15) is 11.6 Å². The van der Waals surface area contributed by atoms with Crippen molar-refractivity contribution in [2.24, 2.45) is 5.92 Å². The third-order valence-corrected chi connectivity index (χ3v) is 4.57. The van der Waals surface area contributed by atoms with Crippen molar-refractivity contribution in [3.05, 3.63) is 35.9 Å². The van der Waals surface area contributed by atoms with Gasteiger partial charge in [0.25, 0.3) is 0 Å². The number of nitrogens with one attached hydrogen (secondary N) is 3. The van der Waals surface area contributed by atoms with Crippen LogP contribution in [0.1, 0.15) is 59.9 Å². The molecule has 0 aromatic heterocycles. The Morgan fingerprint density at radius 3 is 2.29 bits per heavy atom. The van der Waals surface area contributed by atoms with Crippen molar-refractivity contribution in [1.82, 2.24) is 16.0 Å². The predicted octanol–water partition coefficient (Wildman–Crippen LogP) is 3.01. The smallest absolute Gasteiger partial charge is 0.407 e. The number of alkyl carbamates (subject to hydrolysis) is 1. The molecule has 0 aliphatic heterocycles. The first kappa shape index (κ1) is 26.9. The van der Waals surface area contributed by atoms with Crippen LogP contribution in [-0.4, -0.2) is 54.0 Å². The summed E-state index contributed by atoms with van der Waals surface area (Å²) in [5.41, 5.74) is 0.450. The molecule has 7 nitrogen and oxygen atoms in total. The molecule has 0 aliphatic rings. The van der Waals surface area contributed by atoms with Gasteiger partial charge < -0.3 is 25.8 Å². The van der Waals surface area contributed by atoms with Gasteiger partial charge in [0.05, 0.1) is 6.10 Å². The molecule has 31 heavy (non-hydrogen) atoms. The molecule has 1 aromatic rings. The Labute approximate surface area is 187 Å². The van der Waals surface area contributed by atoms with E-state index in [2.05, 4.69) is 16.0 Å². The molecule has 0 fully saturated rings. The van der Waals surface area contributed by atoms with E-state index in [0.29, 0.717) is 31.8 Å². The molecule has 0 spiro atoms. The van der Waals surface area contributed by atoms with Gasteiger partial charge in [-0.3, -0.25) is 4.79 Å². The number of hydrogen-bond acceptors (Lipinski definition) is 5. The zero-order valence-electron chi connectivity index (χ0n) is 19.9. The van der Waals surface area contributed by atoms with E-state index in [1.54, 1.807) is 0 Å². The monoisotopic (exact) mass is 435 g/mol. The number of benzene rings is 1. The largest absolute Gasteiger partial charge is 0.444 e.